The smallest absolute Gasteiger partial charge is 0.270 e. The van der Waals surface area contributed by atoms with Gasteiger partial charge in [-0.25, -0.2) is 0 Å². The Labute approximate surface area is 121 Å². The first kappa shape index (κ1) is 14.5. The van der Waals surface area contributed by atoms with Crippen LogP contribution in [0.1, 0.15) is 25.5 Å². The molecule has 0 unspecified atom stereocenters. The van der Waals surface area contributed by atoms with Crippen LogP contribution in [-0.2, 0) is 0 Å². The van der Waals surface area contributed by atoms with E-state index in [1.165, 1.54) is 22.8 Å². The van der Waals surface area contributed by atoms with Crippen molar-refractivity contribution in [3.63, 3.8) is 0 Å². The van der Waals surface area contributed by atoms with Gasteiger partial charge in [0.1, 0.15) is 11.6 Å². The Bertz CT molecular complexity index is 801. The third-order valence-corrected chi connectivity index (χ3v) is 3.11. The molecule has 0 aliphatic heterocycles. The number of pyridine rings is 1. The zero-order valence-corrected chi connectivity index (χ0v) is 11.6. The molecule has 1 heterocycles. The molecule has 0 spiro atoms. The van der Waals surface area contributed by atoms with Crippen molar-refractivity contribution >= 4 is 5.69 Å². The minimum Gasteiger partial charge on any atom is -0.305 e. The van der Waals surface area contributed by atoms with Crippen molar-refractivity contribution in [2.75, 3.05) is 0 Å². The summed E-state index contributed by atoms with van der Waals surface area (Å²) in [5.74, 6) is 0. The topological polar surface area (TPSA) is 88.9 Å². The second-order valence-electron chi connectivity index (χ2n) is 4.82. The second-order valence-corrected chi connectivity index (χ2v) is 4.82. The number of nitrogens with zero attached hydrogens (tertiary/aromatic N) is 3. The van der Waals surface area contributed by atoms with Gasteiger partial charge in [0.25, 0.3) is 11.2 Å². The molecule has 2 aromatic rings. The summed E-state index contributed by atoms with van der Waals surface area (Å²) in [5, 5.41) is 19.8. The molecule has 0 atom stereocenters. The Kier molecular flexibility index (Phi) is 3.85. The molecule has 2 rings (SSSR count). The molecule has 0 bridgehead atoms. The van der Waals surface area contributed by atoms with Gasteiger partial charge < -0.3 is 4.57 Å². The van der Waals surface area contributed by atoms with Crippen LogP contribution in [0.2, 0.25) is 0 Å². The molecule has 1 aromatic carbocycles. The lowest BCUT2D eigenvalue weighted by molar-refractivity contribution is -0.384. The van der Waals surface area contributed by atoms with E-state index >= 15 is 0 Å². The van der Waals surface area contributed by atoms with Gasteiger partial charge in [-0.1, -0.05) is 12.1 Å². The van der Waals surface area contributed by atoms with E-state index < -0.39 is 10.5 Å². The summed E-state index contributed by atoms with van der Waals surface area (Å²) in [6.07, 6.45) is 0. The molecule has 6 nitrogen and oxygen atoms in total. The van der Waals surface area contributed by atoms with Crippen molar-refractivity contribution in [1.29, 1.82) is 5.26 Å². The first-order chi connectivity index (χ1) is 9.95. The minimum atomic E-state index is -0.481. The molecule has 0 aliphatic carbocycles. The van der Waals surface area contributed by atoms with Crippen LogP contribution in [0.25, 0.3) is 11.3 Å². The Morgan fingerprint density at radius 1 is 1.29 bits per heavy atom. The average Bonchev–Trinajstić information content (AvgIpc) is 2.46. The van der Waals surface area contributed by atoms with Gasteiger partial charge in [-0.05, 0) is 26.0 Å². The van der Waals surface area contributed by atoms with Crippen LogP contribution in [0, 0.1) is 21.4 Å². The van der Waals surface area contributed by atoms with Gasteiger partial charge in [-0.15, -0.1) is 0 Å². The number of aromatic nitrogens is 1. The summed E-state index contributed by atoms with van der Waals surface area (Å²) in [4.78, 5) is 22.6. The zero-order chi connectivity index (χ0) is 15.6. The maximum Gasteiger partial charge on any atom is 0.270 e. The third kappa shape index (κ3) is 2.67. The van der Waals surface area contributed by atoms with E-state index in [4.69, 9.17) is 5.26 Å². The number of nitriles is 1. The quantitative estimate of drug-likeness (QED) is 0.640. The lowest BCUT2D eigenvalue weighted by Gasteiger charge is -2.16. The van der Waals surface area contributed by atoms with Gasteiger partial charge in [0.05, 0.1) is 10.6 Å². The molecule has 0 saturated heterocycles. The highest BCUT2D eigenvalue weighted by atomic mass is 16.6. The molecule has 0 radical (unpaired) electrons. The molecular formula is C15H13N3O3. The normalized spacial score (nSPS) is 10.4. The number of hydrogen-bond donors (Lipinski definition) is 0. The van der Waals surface area contributed by atoms with Gasteiger partial charge in [-0.2, -0.15) is 5.26 Å². The number of non-ortho nitro benzene ring substituents is 1. The molecule has 0 saturated carbocycles. The van der Waals surface area contributed by atoms with Gasteiger partial charge >= 0.3 is 0 Å². The zero-order valence-electron chi connectivity index (χ0n) is 11.6. The molecule has 6 heteroatoms. The molecule has 106 valence electrons. The van der Waals surface area contributed by atoms with Crippen molar-refractivity contribution in [2.24, 2.45) is 0 Å². The van der Waals surface area contributed by atoms with Crippen LogP contribution < -0.4 is 5.56 Å². The number of nitro groups is 1. The monoisotopic (exact) mass is 283 g/mol. The molecule has 0 aliphatic rings. The van der Waals surface area contributed by atoms with Gasteiger partial charge in [0.15, 0.2) is 0 Å². The van der Waals surface area contributed by atoms with Gasteiger partial charge in [-0.3, -0.25) is 14.9 Å². The van der Waals surface area contributed by atoms with Crippen LogP contribution in [0.3, 0.4) is 0 Å². The van der Waals surface area contributed by atoms with Crippen LogP contribution in [-0.4, -0.2) is 9.49 Å². The van der Waals surface area contributed by atoms with Crippen molar-refractivity contribution in [3.8, 4) is 17.3 Å². The molecule has 0 amide bonds. The fraction of sp³-hybridized carbons (Fsp3) is 0.200. The summed E-state index contributed by atoms with van der Waals surface area (Å²) in [5.41, 5.74) is 0.742. The van der Waals surface area contributed by atoms with Crippen LogP contribution >= 0.6 is 0 Å². The van der Waals surface area contributed by atoms with Gasteiger partial charge in [0, 0.05) is 23.7 Å². The molecule has 0 fully saturated rings. The maximum absolute atomic E-state index is 12.3. The Hall–Kier alpha value is -2.94. The van der Waals surface area contributed by atoms with E-state index in [1.807, 2.05) is 19.9 Å². The van der Waals surface area contributed by atoms with E-state index in [-0.39, 0.29) is 17.3 Å². The number of nitro benzene ring substituents is 1. The Morgan fingerprint density at radius 2 is 2.00 bits per heavy atom. The van der Waals surface area contributed by atoms with E-state index in [1.54, 1.807) is 18.2 Å². The van der Waals surface area contributed by atoms with Crippen molar-refractivity contribution < 1.29 is 4.92 Å². The predicted octanol–water partition coefficient (Wildman–Crippen LogP) is 2.88. The largest absolute Gasteiger partial charge is 0.305 e. The fourth-order valence-electron chi connectivity index (χ4n) is 2.16. The van der Waals surface area contributed by atoms with Crippen molar-refractivity contribution in [3.05, 3.63) is 62.4 Å². The Balaban J connectivity index is 2.73. The SMILES string of the molecule is CC(C)n1c(-c2cccc([N+](=O)[O-])c2)ccc(C#N)c1=O. The molecule has 0 N–H and O–H groups in total. The van der Waals surface area contributed by atoms with Crippen molar-refractivity contribution in [2.45, 2.75) is 19.9 Å². The standard InChI is InChI=1S/C15H13N3O3/c1-10(2)17-14(7-6-12(9-16)15(17)19)11-4-3-5-13(8-11)18(20)21/h3-8,10H,1-2H3. The van der Waals surface area contributed by atoms with E-state index in [0.29, 0.717) is 11.3 Å². The van der Waals surface area contributed by atoms with Crippen LogP contribution in [0.15, 0.2) is 41.2 Å². The van der Waals surface area contributed by atoms with E-state index in [9.17, 15) is 14.9 Å². The van der Waals surface area contributed by atoms with Crippen LogP contribution in [0.4, 0.5) is 5.69 Å². The highest BCUT2D eigenvalue weighted by Crippen LogP contribution is 2.25. The number of benzene rings is 1. The van der Waals surface area contributed by atoms with Crippen molar-refractivity contribution in [1.82, 2.24) is 4.57 Å². The fourth-order valence-corrected chi connectivity index (χ4v) is 2.16. The summed E-state index contributed by atoms with van der Waals surface area (Å²) in [6, 6.07) is 10.8. The highest BCUT2D eigenvalue weighted by Gasteiger charge is 2.15. The first-order valence-corrected chi connectivity index (χ1v) is 6.36. The highest BCUT2D eigenvalue weighted by molar-refractivity contribution is 5.63. The van der Waals surface area contributed by atoms with Gasteiger partial charge in [0.2, 0.25) is 0 Å². The van der Waals surface area contributed by atoms with E-state index in [0.717, 1.165) is 0 Å². The molecule has 21 heavy (non-hydrogen) atoms. The Morgan fingerprint density at radius 3 is 2.57 bits per heavy atom. The lowest BCUT2D eigenvalue weighted by atomic mass is 10.1. The number of rotatable bonds is 3. The second kappa shape index (κ2) is 5.59. The average molecular weight is 283 g/mol. The van der Waals surface area contributed by atoms with E-state index in [2.05, 4.69) is 0 Å². The summed E-state index contributed by atoms with van der Waals surface area (Å²) < 4.78 is 1.47. The maximum atomic E-state index is 12.3. The molecule has 1 aromatic heterocycles. The molecular weight excluding hydrogens is 270 g/mol. The third-order valence-electron chi connectivity index (χ3n) is 3.11. The minimum absolute atomic E-state index is 0.0420. The van der Waals surface area contributed by atoms with Crippen LogP contribution in [0.5, 0.6) is 0 Å². The predicted molar refractivity (Wildman–Crippen MR) is 77.9 cm³/mol. The summed E-state index contributed by atoms with van der Waals surface area (Å²) in [6.45, 7) is 3.65. The summed E-state index contributed by atoms with van der Waals surface area (Å²) >= 11 is 0. The number of hydrogen-bond acceptors (Lipinski definition) is 4. The lowest BCUT2D eigenvalue weighted by Crippen LogP contribution is -2.25. The first-order valence-electron chi connectivity index (χ1n) is 6.36. The summed E-state index contributed by atoms with van der Waals surface area (Å²) in [7, 11) is 0.